The van der Waals surface area contributed by atoms with Crippen molar-refractivity contribution in [3.63, 3.8) is 0 Å². The number of aliphatic carboxylic acids is 1. The summed E-state index contributed by atoms with van der Waals surface area (Å²) in [4.78, 5) is 96.6. The summed E-state index contributed by atoms with van der Waals surface area (Å²) < 4.78 is 0. The van der Waals surface area contributed by atoms with Crippen molar-refractivity contribution >= 4 is 59.9 Å². The van der Waals surface area contributed by atoms with E-state index in [1.165, 1.54) is 20.8 Å². The molecule has 0 aliphatic rings. The number of carboxylic acid groups (broad SMARTS) is 1. The molecular formula is C26H45N7O9S. The summed E-state index contributed by atoms with van der Waals surface area (Å²) in [5, 5.41) is 23.7. The van der Waals surface area contributed by atoms with Crippen LogP contribution in [0.2, 0.25) is 0 Å². The van der Waals surface area contributed by atoms with Gasteiger partial charge in [0, 0.05) is 25.6 Å². The van der Waals surface area contributed by atoms with E-state index in [4.69, 9.17) is 10.8 Å². The van der Waals surface area contributed by atoms with Crippen LogP contribution in [0.3, 0.4) is 0 Å². The molecule has 17 heteroatoms. The van der Waals surface area contributed by atoms with Gasteiger partial charge in [-0.3, -0.25) is 38.4 Å². The first kappa shape index (κ1) is 39.1. The minimum Gasteiger partial charge on any atom is -0.481 e. The molecule has 0 aromatic heterocycles. The van der Waals surface area contributed by atoms with Crippen LogP contribution < -0.4 is 37.6 Å². The highest BCUT2D eigenvalue weighted by Gasteiger charge is 2.31. The molecular weight excluding hydrogens is 586 g/mol. The zero-order valence-electron chi connectivity index (χ0n) is 25.2. The standard InChI is InChI=1S/C26H45N7O9S/c1-13(2)21(33-23(39)15(4)29-16(5)34)26(42)31-17(8-6-7-11-28-19(35)9-10-20(36)37)24(40)32-18(12-43)25(41)30-14(3)22(27)38/h13-15,17-18,21,43H,6-12H2,1-5H3,(H2,27,38)(H,28,35)(H,29,34)(H,30,41)(H,31,42)(H,32,40)(H,33,39)(H,36,37)/t14-,15-,17-,18-,21-/m0/s1. The predicted octanol–water partition coefficient (Wildman–Crippen LogP) is -2.31. The monoisotopic (exact) mass is 631 g/mol. The third-order valence-corrected chi connectivity index (χ3v) is 6.47. The Kier molecular flexibility index (Phi) is 18.3. The van der Waals surface area contributed by atoms with Crippen LogP contribution in [-0.4, -0.2) is 94.9 Å². The number of primary amides is 1. The molecule has 9 N–H and O–H groups in total. The maximum absolute atomic E-state index is 13.3. The van der Waals surface area contributed by atoms with Crippen LogP contribution in [0, 0.1) is 5.92 Å². The molecule has 0 heterocycles. The largest absolute Gasteiger partial charge is 0.481 e. The molecule has 244 valence electrons. The lowest BCUT2D eigenvalue weighted by atomic mass is 10.0. The van der Waals surface area contributed by atoms with Gasteiger partial charge in [-0.1, -0.05) is 13.8 Å². The molecule has 0 aromatic rings. The van der Waals surface area contributed by atoms with Crippen molar-refractivity contribution in [2.75, 3.05) is 12.3 Å². The lowest BCUT2D eigenvalue weighted by Gasteiger charge is -2.27. The van der Waals surface area contributed by atoms with E-state index < -0.39 is 83.4 Å². The molecule has 0 bridgehead atoms. The summed E-state index contributed by atoms with van der Waals surface area (Å²) in [7, 11) is 0. The Morgan fingerprint density at radius 1 is 0.721 bits per heavy atom. The number of nitrogens with two attached hydrogens (primary N) is 1. The van der Waals surface area contributed by atoms with E-state index in [0.29, 0.717) is 12.8 Å². The van der Waals surface area contributed by atoms with Crippen molar-refractivity contribution in [1.29, 1.82) is 0 Å². The maximum atomic E-state index is 13.3. The second-order valence-corrected chi connectivity index (χ2v) is 10.7. The van der Waals surface area contributed by atoms with E-state index in [2.05, 4.69) is 44.5 Å². The first-order valence-electron chi connectivity index (χ1n) is 13.9. The van der Waals surface area contributed by atoms with E-state index in [1.54, 1.807) is 13.8 Å². The van der Waals surface area contributed by atoms with Crippen molar-refractivity contribution in [1.82, 2.24) is 31.9 Å². The van der Waals surface area contributed by atoms with Gasteiger partial charge in [0.15, 0.2) is 0 Å². The van der Waals surface area contributed by atoms with Gasteiger partial charge in [0.25, 0.3) is 0 Å². The third kappa shape index (κ3) is 16.4. The maximum Gasteiger partial charge on any atom is 0.303 e. The van der Waals surface area contributed by atoms with Crippen LogP contribution in [0.5, 0.6) is 0 Å². The van der Waals surface area contributed by atoms with Gasteiger partial charge >= 0.3 is 5.97 Å². The van der Waals surface area contributed by atoms with Crippen LogP contribution in [0.4, 0.5) is 0 Å². The topological polar surface area (TPSA) is 255 Å². The Balaban J connectivity index is 5.61. The summed E-state index contributed by atoms with van der Waals surface area (Å²) >= 11 is 4.10. The van der Waals surface area contributed by atoms with Gasteiger partial charge < -0.3 is 42.7 Å². The fraction of sp³-hybridized carbons (Fsp3) is 0.692. The molecule has 0 radical (unpaired) electrons. The highest BCUT2D eigenvalue weighted by Crippen LogP contribution is 2.08. The van der Waals surface area contributed by atoms with E-state index in [0.717, 1.165) is 0 Å². The zero-order chi connectivity index (χ0) is 33.3. The number of hydrogen-bond acceptors (Lipinski definition) is 9. The molecule has 0 aliphatic heterocycles. The molecule has 0 aliphatic carbocycles. The Labute approximate surface area is 256 Å². The van der Waals surface area contributed by atoms with Crippen LogP contribution >= 0.6 is 12.6 Å². The van der Waals surface area contributed by atoms with E-state index >= 15 is 0 Å². The predicted molar refractivity (Wildman–Crippen MR) is 158 cm³/mol. The van der Waals surface area contributed by atoms with Gasteiger partial charge in [-0.05, 0) is 39.0 Å². The molecule has 7 amide bonds. The van der Waals surface area contributed by atoms with Gasteiger partial charge in [-0.15, -0.1) is 0 Å². The molecule has 0 spiro atoms. The Morgan fingerprint density at radius 3 is 1.81 bits per heavy atom. The number of unbranched alkanes of at least 4 members (excludes halogenated alkanes) is 1. The first-order chi connectivity index (χ1) is 20.0. The second kappa shape index (κ2) is 20.1. The Morgan fingerprint density at radius 2 is 1.30 bits per heavy atom. The highest BCUT2D eigenvalue weighted by molar-refractivity contribution is 7.80. The number of carbonyl (C=O) groups is 8. The van der Waals surface area contributed by atoms with Crippen molar-refractivity contribution in [2.24, 2.45) is 11.7 Å². The first-order valence-corrected chi connectivity index (χ1v) is 14.5. The van der Waals surface area contributed by atoms with Crippen molar-refractivity contribution in [2.45, 2.75) is 96.9 Å². The van der Waals surface area contributed by atoms with Crippen LogP contribution in [0.15, 0.2) is 0 Å². The fourth-order valence-corrected chi connectivity index (χ4v) is 3.83. The van der Waals surface area contributed by atoms with Gasteiger partial charge in [-0.2, -0.15) is 12.6 Å². The molecule has 16 nitrogen and oxygen atoms in total. The normalized spacial score (nSPS) is 14.2. The van der Waals surface area contributed by atoms with Crippen molar-refractivity contribution in [3.8, 4) is 0 Å². The number of amides is 7. The minimum absolute atomic E-state index is 0.0717. The molecule has 43 heavy (non-hydrogen) atoms. The summed E-state index contributed by atoms with van der Waals surface area (Å²) in [6.45, 7) is 7.61. The Hall–Kier alpha value is -3.89. The van der Waals surface area contributed by atoms with E-state index in [9.17, 15) is 38.4 Å². The summed E-state index contributed by atoms with van der Waals surface area (Å²) in [5.41, 5.74) is 5.18. The molecule has 5 atom stereocenters. The SMILES string of the molecule is CC(=O)N[C@@H](C)C(=O)N[C@H](C(=O)N[C@@H](CCCCNC(=O)CCC(=O)O)C(=O)N[C@@H](CS)C(=O)N[C@@H](C)C(N)=O)C(C)C. The van der Waals surface area contributed by atoms with E-state index in [-0.39, 0.29) is 31.6 Å². The van der Waals surface area contributed by atoms with Crippen molar-refractivity contribution in [3.05, 3.63) is 0 Å². The number of thiol groups is 1. The average molecular weight is 632 g/mol. The molecule has 0 rings (SSSR count). The number of rotatable bonds is 20. The number of carboxylic acids is 1. The number of hydrogen-bond donors (Lipinski definition) is 9. The lowest BCUT2D eigenvalue weighted by molar-refractivity contribution is -0.138. The number of carbonyl (C=O) groups excluding carboxylic acids is 7. The average Bonchev–Trinajstić information content (AvgIpc) is 2.91. The number of nitrogens with one attached hydrogen (secondary N) is 6. The Bertz CT molecular complexity index is 1020. The molecule has 0 aromatic carbocycles. The van der Waals surface area contributed by atoms with E-state index in [1.807, 2.05) is 0 Å². The van der Waals surface area contributed by atoms with Gasteiger partial charge in [0.2, 0.25) is 41.4 Å². The smallest absolute Gasteiger partial charge is 0.303 e. The fourth-order valence-electron chi connectivity index (χ4n) is 3.58. The minimum atomic E-state index is -1.18. The van der Waals surface area contributed by atoms with Crippen LogP contribution in [0.25, 0.3) is 0 Å². The second-order valence-electron chi connectivity index (χ2n) is 10.3. The van der Waals surface area contributed by atoms with Crippen LogP contribution in [0.1, 0.15) is 66.7 Å². The summed E-state index contributed by atoms with van der Waals surface area (Å²) in [6, 6.07) is -5.36. The molecule has 0 saturated carbocycles. The highest BCUT2D eigenvalue weighted by atomic mass is 32.1. The van der Waals surface area contributed by atoms with Gasteiger partial charge in [0.1, 0.15) is 30.2 Å². The summed E-state index contributed by atoms with van der Waals surface area (Å²) in [6.07, 6.45) is 0.286. The lowest BCUT2D eigenvalue weighted by Crippen LogP contribution is -2.59. The third-order valence-electron chi connectivity index (χ3n) is 6.10. The molecule has 0 saturated heterocycles. The summed E-state index contributed by atoms with van der Waals surface area (Å²) in [5.74, 6) is -6.07. The van der Waals surface area contributed by atoms with Gasteiger partial charge in [-0.25, -0.2) is 0 Å². The van der Waals surface area contributed by atoms with Crippen molar-refractivity contribution < 1.29 is 43.5 Å². The zero-order valence-corrected chi connectivity index (χ0v) is 26.0. The quantitative estimate of drug-likeness (QED) is 0.0516. The molecule has 0 unspecified atom stereocenters. The van der Waals surface area contributed by atoms with Gasteiger partial charge in [0.05, 0.1) is 6.42 Å². The molecule has 0 fully saturated rings. The van der Waals surface area contributed by atoms with Crippen LogP contribution in [-0.2, 0) is 38.4 Å².